The number of allylic oxidation sites excluding steroid dienone is 1. The monoisotopic (exact) mass is 156 g/mol. The molecule has 0 bridgehead atoms. The molecular formula is C10H20O. The van der Waals surface area contributed by atoms with E-state index in [9.17, 15) is 0 Å². The van der Waals surface area contributed by atoms with Crippen LogP contribution in [0.15, 0.2) is 12.2 Å². The largest absolute Gasteiger partial charge is 0.393 e. The lowest BCUT2D eigenvalue weighted by molar-refractivity contribution is 0.129. The van der Waals surface area contributed by atoms with Gasteiger partial charge in [0.1, 0.15) is 0 Å². The number of hydrogen-bond donors (Lipinski definition) is 1. The summed E-state index contributed by atoms with van der Waals surface area (Å²) in [7, 11) is 0. The quantitative estimate of drug-likeness (QED) is 0.607. The summed E-state index contributed by atoms with van der Waals surface area (Å²) in [6.07, 6.45) is 3.18. The summed E-state index contributed by atoms with van der Waals surface area (Å²) in [6.45, 7) is 9.82. The van der Waals surface area contributed by atoms with Crippen molar-refractivity contribution in [2.24, 2.45) is 5.92 Å². The molecule has 0 aliphatic heterocycles. The Kier molecular flexibility index (Phi) is 5.22. The van der Waals surface area contributed by atoms with Crippen LogP contribution in [0.4, 0.5) is 0 Å². The lowest BCUT2D eigenvalue weighted by Crippen LogP contribution is -2.12. The zero-order valence-electron chi connectivity index (χ0n) is 7.93. The van der Waals surface area contributed by atoms with Crippen molar-refractivity contribution in [3.05, 3.63) is 12.2 Å². The van der Waals surface area contributed by atoms with Gasteiger partial charge < -0.3 is 5.11 Å². The molecule has 11 heavy (non-hydrogen) atoms. The Balaban J connectivity index is 3.31. The molecule has 0 fully saturated rings. The Hall–Kier alpha value is -0.300. The molecule has 0 aliphatic rings. The minimum atomic E-state index is -0.167. The van der Waals surface area contributed by atoms with Crippen LogP contribution in [0.3, 0.4) is 0 Å². The first kappa shape index (κ1) is 10.7. The first-order valence-electron chi connectivity index (χ1n) is 4.36. The number of aliphatic hydroxyl groups excluding tert-OH is 1. The summed E-state index contributed by atoms with van der Waals surface area (Å²) < 4.78 is 0. The van der Waals surface area contributed by atoms with Crippen molar-refractivity contribution >= 4 is 0 Å². The van der Waals surface area contributed by atoms with Gasteiger partial charge in [0.05, 0.1) is 6.10 Å². The van der Waals surface area contributed by atoms with E-state index in [1.54, 1.807) is 0 Å². The molecular weight excluding hydrogens is 136 g/mol. The van der Waals surface area contributed by atoms with Crippen molar-refractivity contribution in [2.45, 2.75) is 46.1 Å². The molecule has 1 N–H and O–H groups in total. The molecule has 0 saturated carbocycles. The maximum absolute atomic E-state index is 9.16. The second kappa shape index (κ2) is 5.36. The molecule has 2 unspecified atom stereocenters. The van der Waals surface area contributed by atoms with Crippen LogP contribution < -0.4 is 0 Å². The SMILES string of the molecule is C=C(C)CCCC(C)C(C)O. The van der Waals surface area contributed by atoms with E-state index in [-0.39, 0.29) is 6.10 Å². The highest BCUT2D eigenvalue weighted by atomic mass is 16.3. The van der Waals surface area contributed by atoms with Crippen LogP contribution in [-0.2, 0) is 0 Å². The molecule has 0 spiro atoms. The number of rotatable bonds is 5. The van der Waals surface area contributed by atoms with Gasteiger partial charge in [-0.2, -0.15) is 0 Å². The van der Waals surface area contributed by atoms with Crippen molar-refractivity contribution in [2.75, 3.05) is 0 Å². The highest BCUT2D eigenvalue weighted by molar-refractivity contribution is 4.87. The minimum absolute atomic E-state index is 0.167. The summed E-state index contributed by atoms with van der Waals surface area (Å²) in [4.78, 5) is 0. The van der Waals surface area contributed by atoms with E-state index < -0.39 is 0 Å². The van der Waals surface area contributed by atoms with Crippen LogP contribution in [0, 0.1) is 5.92 Å². The Morgan fingerprint density at radius 3 is 2.36 bits per heavy atom. The van der Waals surface area contributed by atoms with Crippen molar-refractivity contribution < 1.29 is 5.11 Å². The molecule has 0 amide bonds. The Morgan fingerprint density at radius 1 is 1.45 bits per heavy atom. The Labute approximate surface area is 70.1 Å². The highest BCUT2D eigenvalue weighted by Crippen LogP contribution is 2.13. The molecule has 0 radical (unpaired) electrons. The Bertz CT molecular complexity index is 116. The van der Waals surface area contributed by atoms with Crippen LogP contribution >= 0.6 is 0 Å². The van der Waals surface area contributed by atoms with E-state index in [0.29, 0.717) is 5.92 Å². The highest BCUT2D eigenvalue weighted by Gasteiger charge is 2.07. The van der Waals surface area contributed by atoms with Crippen molar-refractivity contribution in [1.29, 1.82) is 0 Å². The van der Waals surface area contributed by atoms with Gasteiger partial charge in [0.25, 0.3) is 0 Å². The molecule has 0 heterocycles. The number of aliphatic hydroxyl groups is 1. The maximum atomic E-state index is 9.16. The van der Waals surface area contributed by atoms with Gasteiger partial charge in [-0.25, -0.2) is 0 Å². The zero-order valence-corrected chi connectivity index (χ0v) is 7.93. The molecule has 0 aliphatic carbocycles. The molecule has 2 atom stereocenters. The molecule has 0 rings (SSSR count). The van der Waals surface area contributed by atoms with Crippen molar-refractivity contribution in [3.63, 3.8) is 0 Å². The fourth-order valence-corrected chi connectivity index (χ4v) is 0.967. The zero-order chi connectivity index (χ0) is 8.85. The standard InChI is InChI=1S/C10H20O/c1-8(2)6-5-7-9(3)10(4)11/h9-11H,1,5-7H2,2-4H3. The minimum Gasteiger partial charge on any atom is -0.393 e. The van der Waals surface area contributed by atoms with Crippen LogP contribution in [-0.4, -0.2) is 11.2 Å². The topological polar surface area (TPSA) is 20.2 Å². The average Bonchev–Trinajstić information content (AvgIpc) is 1.86. The number of hydrogen-bond acceptors (Lipinski definition) is 1. The van der Waals surface area contributed by atoms with Crippen LogP contribution in [0.25, 0.3) is 0 Å². The first-order chi connectivity index (χ1) is 5.04. The molecule has 0 aromatic heterocycles. The summed E-state index contributed by atoms with van der Waals surface area (Å²) >= 11 is 0. The van der Waals surface area contributed by atoms with Crippen LogP contribution in [0.2, 0.25) is 0 Å². The summed E-state index contributed by atoms with van der Waals surface area (Å²) in [5, 5.41) is 9.16. The van der Waals surface area contributed by atoms with Crippen molar-refractivity contribution in [1.82, 2.24) is 0 Å². The van der Waals surface area contributed by atoms with E-state index in [4.69, 9.17) is 5.11 Å². The van der Waals surface area contributed by atoms with Gasteiger partial charge in [-0.1, -0.05) is 12.5 Å². The summed E-state index contributed by atoms with van der Waals surface area (Å²) in [5.41, 5.74) is 1.24. The van der Waals surface area contributed by atoms with Gasteiger partial charge in [-0.05, 0) is 39.0 Å². The summed E-state index contributed by atoms with van der Waals surface area (Å²) in [6, 6.07) is 0. The predicted molar refractivity (Wildman–Crippen MR) is 49.5 cm³/mol. The van der Waals surface area contributed by atoms with E-state index in [0.717, 1.165) is 19.3 Å². The average molecular weight is 156 g/mol. The van der Waals surface area contributed by atoms with Gasteiger partial charge >= 0.3 is 0 Å². The lowest BCUT2D eigenvalue weighted by atomic mass is 9.98. The first-order valence-corrected chi connectivity index (χ1v) is 4.36. The molecule has 1 nitrogen and oxygen atoms in total. The van der Waals surface area contributed by atoms with Gasteiger partial charge in [-0.15, -0.1) is 6.58 Å². The fraction of sp³-hybridized carbons (Fsp3) is 0.800. The fourth-order valence-electron chi connectivity index (χ4n) is 0.967. The second-order valence-electron chi connectivity index (χ2n) is 3.57. The van der Waals surface area contributed by atoms with E-state index >= 15 is 0 Å². The van der Waals surface area contributed by atoms with Gasteiger partial charge in [0, 0.05) is 0 Å². The van der Waals surface area contributed by atoms with Gasteiger partial charge in [0.2, 0.25) is 0 Å². The van der Waals surface area contributed by atoms with E-state index in [2.05, 4.69) is 13.5 Å². The summed E-state index contributed by atoms with van der Waals surface area (Å²) in [5.74, 6) is 0.425. The third-order valence-electron chi connectivity index (χ3n) is 2.09. The molecule has 0 aromatic carbocycles. The Morgan fingerprint density at radius 2 is 2.00 bits per heavy atom. The van der Waals surface area contributed by atoms with E-state index in [1.807, 2.05) is 13.8 Å². The van der Waals surface area contributed by atoms with Gasteiger partial charge in [0.15, 0.2) is 0 Å². The molecule has 66 valence electrons. The van der Waals surface area contributed by atoms with Crippen molar-refractivity contribution in [3.8, 4) is 0 Å². The molecule has 1 heteroatoms. The second-order valence-corrected chi connectivity index (χ2v) is 3.57. The third-order valence-corrected chi connectivity index (χ3v) is 2.09. The third kappa shape index (κ3) is 6.11. The normalized spacial score (nSPS) is 16.0. The molecule has 0 saturated heterocycles. The maximum Gasteiger partial charge on any atom is 0.0537 e. The lowest BCUT2D eigenvalue weighted by Gasteiger charge is -2.13. The smallest absolute Gasteiger partial charge is 0.0537 e. The molecule has 0 aromatic rings. The van der Waals surface area contributed by atoms with Crippen LogP contribution in [0.5, 0.6) is 0 Å². The predicted octanol–water partition coefficient (Wildman–Crippen LogP) is 2.75. The van der Waals surface area contributed by atoms with Crippen LogP contribution in [0.1, 0.15) is 40.0 Å². The van der Waals surface area contributed by atoms with Gasteiger partial charge in [-0.3, -0.25) is 0 Å². The van der Waals surface area contributed by atoms with E-state index in [1.165, 1.54) is 5.57 Å².